The summed E-state index contributed by atoms with van der Waals surface area (Å²) in [6, 6.07) is 0.936. The first-order valence-electron chi connectivity index (χ1n) is 3.63. The molecular formula is C7H3Cl2FO4S. The van der Waals surface area contributed by atoms with Gasteiger partial charge in [0.1, 0.15) is 9.92 Å². The van der Waals surface area contributed by atoms with Crippen LogP contribution in [-0.4, -0.2) is 15.2 Å². The van der Waals surface area contributed by atoms with E-state index in [1.54, 1.807) is 0 Å². The summed E-state index contributed by atoms with van der Waals surface area (Å²) in [7, 11) is 0.814. The van der Waals surface area contributed by atoms with Gasteiger partial charge in [0, 0.05) is 16.7 Å². The summed E-state index contributed by atoms with van der Waals surface area (Å²) < 4.78 is 45.1. The van der Waals surface area contributed by atoms with E-state index in [4.69, 9.17) is 31.8 Å². The van der Waals surface area contributed by atoms with Crippen LogP contribution in [0, 0.1) is 5.82 Å². The molecule has 0 unspecified atom stereocenters. The molecule has 1 aliphatic rings. The van der Waals surface area contributed by atoms with Gasteiger partial charge in [0.25, 0.3) is 9.05 Å². The molecule has 0 radical (unpaired) electrons. The minimum atomic E-state index is -4.20. The third-order valence-electron chi connectivity index (χ3n) is 1.77. The summed E-state index contributed by atoms with van der Waals surface area (Å²) >= 11 is 5.55. The van der Waals surface area contributed by atoms with Crippen molar-refractivity contribution < 1.29 is 22.3 Å². The minimum Gasteiger partial charge on any atom is -0.453 e. The molecule has 0 aromatic heterocycles. The first-order chi connectivity index (χ1) is 6.91. The Morgan fingerprint density at radius 2 is 2.07 bits per heavy atom. The van der Waals surface area contributed by atoms with Gasteiger partial charge in [0.15, 0.2) is 17.3 Å². The molecule has 0 saturated heterocycles. The molecular weight excluding hydrogens is 270 g/mol. The second-order valence-electron chi connectivity index (χ2n) is 2.67. The van der Waals surface area contributed by atoms with Gasteiger partial charge in [0.2, 0.25) is 6.79 Å². The smallest absolute Gasteiger partial charge is 0.264 e. The molecule has 0 spiro atoms. The maximum absolute atomic E-state index is 13.4. The summed E-state index contributed by atoms with van der Waals surface area (Å²) in [6.45, 7) is -0.139. The van der Waals surface area contributed by atoms with Crippen LogP contribution in [-0.2, 0) is 9.05 Å². The Morgan fingerprint density at radius 3 is 2.67 bits per heavy atom. The topological polar surface area (TPSA) is 52.6 Å². The van der Waals surface area contributed by atoms with Crippen molar-refractivity contribution in [3.63, 3.8) is 0 Å². The summed E-state index contributed by atoms with van der Waals surface area (Å²) in [4.78, 5) is -0.724. The van der Waals surface area contributed by atoms with E-state index in [0.717, 1.165) is 6.07 Å². The Morgan fingerprint density at radius 1 is 1.40 bits per heavy atom. The SMILES string of the molecule is O=S(=O)(Cl)c1cc2c(c(Cl)c1F)OCO2. The highest BCUT2D eigenvalue weighted by atomic mass is 35.7. The summed E-state index contributed by atoms with van der Waals surface area (Å²) in [5.41, 5.74) is 0. The fourth-order valence-electron chi connectivity index (χ4n) is 1.13. The van der Waals surface area contributed by atoms with E-state index in [-0.39, 0.29) is 18.3 Å². The molecule has 0 amide bonds. The molecule has 4 nitrogen and oxygen atoms in total. The lowest BCUT2D eigenvalue weighted by molar-refractivity contribution is 0.174. The quantitative estimate of drug-likeness (QED) is 0.735. The van der Waals surface area contributed by atoms with E-state index in [2.05, 4.69) is 0 Å². The molecule has 0 aliphatic carbocycles. The van der Waals surface area contributed by atoms with Gasteiger partial charge in [-0.2, -0.15) is 0 Å². The van der Waals surface area contributed by atoms with Gasteiger partial charge in [0.05, 0.1) is 0 Å². The van der Waals surface area contributed by atoms with Gasteiger partial charge in [-0.15, -0.1) is 0 Å². The summed E-state index contributed by atoms with van der Waals surface area (Å²) in [5.74, 6) is -1.10. The van der Waals surface area contributed by atoms with Gasteiger partial charge in [-0.1, -0.05) is 11.6 Å². The van der Waals surface area contributed by atoms with E-state index < -0.39 is 24.8 Å². The van der Waals surface area contributed by atoms with Crippen molar-refractivity contribution in [3.8, 4) is 11.5 Å². The molecule has 2 rings (SSSR count). The fourth-order valence-corrected chi connectivity index (χ4v) is 2.34. The first-order valence-corrected chi connectivity index (χ1v) is 6.32. The molecule has 0 atom stereocenters. The van der Waals surface area contributed by atoms with Crippen molar-refractivity contribution in [2.45, 2.75) is 4.90 Å². The molecule has 15 heavy (non-hydrogen) atoms. The lowest BCUT2D eigenvalue weighted by Gasteiger charge is -2.04. The van der Waals surface area contributed by atoms with Crippen LogP contribution in [0.1, 0.15) is 0 Å². The second kappa shape index (κ2) is 3.40. The number of rotatable bonds is 1. The number of benzene rings is 1. The highest BCUT2D eigenvalue weighted by Gasteiger charge is 2.28. The van der Waals surface area contributed by atoms with Crippen LogP contribution in [0.5, 0.6) is 11.5 Å². The van der Waals surface area contributed by atoms with Crippen LogP contribution >= 0.6 is 22.3 Å². The lowest BCUT2D eigenvalue weighted by atomic mass is 10.3. The number of halogens is 3. The van der Waals surface area contributed by atoms with Crippen LogP contribution < -0.4 is 9.47 Å². The Bertz CT molecular complexity index is 528. The van der Waals surface area contributed by atoms with Gasteiger partial charge < -0.3 is 9.47 Å². The molecule has 0 saturated carbocycles. The van der Waals surface area contributed by atoms with E-state index in [0.29, 0.717) is 0 Å². The van der Waals surface area contributed by atoms with Crippen LogP contribution in [0.2, 0.25) is 5.02 Å². The standard InChI is InChI=1S/C7H3Cl2FO4S/c8-5-6(10)4(15(9,11)12)1-3-7(5)14-2-13-3/h1H,2H2. The molecule has 1 aromatic carbocycles. The Labute approximate surface area is 93.9 Å². The molecule has 1 heterocycles. The van der Waals surface area contributed by atoms with Gasteiger partial charge in [-0.25, -0.2) is 12.8 Å². The number of fused-ring (bicyclic) bond motifs is 1. The monoisotopic (exact) mass is 272 g/mol. The van der Waals surface area contributed by atoms with Crippen molar-refractivity contribution in [1.82, 2.24) is 0 Å². The highest BCUT2D eigenvalue weighted by Crippen LogP contribution is 2.43. The molecule has 0 bridgehead atoms. The van der Waals surface area contributed by atoms with Crippen LogP contribution in [0.25, 0.3) is 0 Å². The fraction of sp³-hybridized carbons (Fsp3) is 0.143. The Hall–Kier alpha value is -0.720. The predicted molar refractivity (Wildman–Crippen MR) is 50.6 cm³/mol. The molecule has 0 N–H and O–H groups in total. The predicted octanol–water partition coefficient (Wildman–Crippen LogP) is 2.14. The zero-order chi connectivity index (χ0) is 11.2. The van der Waals surface area contributed by atoms with Gasteiger partial charge in [-0.05, 0) is 0 Å². The molecule has 1 aliphatic heterocycles. The van der Waals surface area contributed by atoms with Crippen molar-refractivity contribution in [1.29, 1.82) is 0 Å². The molecule has 0 fully saturated rings. The van der Waals surface area contributed by atoms with Crippen molar-refractivity contribution in [3.05, 3.63) is 16.9 Å². The zero-order valence-corrected chi connectivity index (χ0v) is 9.29. The minimum absolute atomic E-state index is 0.0155. The summed E-state index contributed by atoms with van der Waals surface area (Å²) in [6.07, 6.45) is 0. The number of hydrogen-bond acceptors (Lipinski definition) is 4. The number of ether oxygens (including phenoxy) is 2. The van der Waals surface area contributed by atoms with Crippen molar-refractivity contribution in [2.75, 3.05) is 6.79 Å². The van der Waals surface area contributed by atoms with Gasteiger partial charge >= 0.3 is 0 Å². The van der Waals surface area contributed by atoms with E-state index in [1.165, 1.54) is 0 Å². The third-order valence-corrected chi connectivity index (χ3v) is 3.43. The first kappa shape index (κ1) is 10.8. The Kier molecular flexibility index (Phi) is 2.44. The van der Waals surface area contributed by atoms with E-state index in [9.17, 15) is 12.8 Å². The average Bonchev–Trinajstić information content (AvgIpc) is 2.57. The van der Waals surface area contributed by atoms with Crippen LogP contribution in [0.4, 0.5) is 4.39 Å². The Balaban J connectivity index is 2.75. The normalized spacial score (nSPS) is 14.3. The maximum Gasteiger partial charge on any atom is 0.264 e. The van der Waals surface area contributed by atoms with Crippen molar-refractivity contribution in [2.24, 2.45) is 0 Å². The van der Waals surface area contributed by atoms with E-state index >= 15 is 0 Å². The average molecular weight is 273 g/mol. The van der Waals surface area contributed by atoms with Gasteiger partial charge in [-0.3, -0.25) is 0 Å². The second-order valence-corrected chi connectivity index (χ2v) is 5.59. The lowest BCUT2D eigenvalue weighted by Crippen LogP contribution is -1.96. The van der Waals surface area contributed by atoms with Crippen LogP contribution in [0.15, 0.2) is 11.0 Å². The third kappa shape index (κ3) is 1.73. The zero-order valence-electron chi connectivity index (χ0n) is 6.96. The molecule has 82 valence electrons. The van der Waals surface area contributed by atoms with Crippen molar-refractivity contribution >= 4 is 31.3 Å². The van der Waals surface area contributed by atoms with Crippen LogP contribution in [0.3, 0.4) is 0 Å². The summed E-state index contributed by atoms with van der Waals surface area (Å²) in [5, 5.41) is -0.454. The molecule has 1 aromatic rings. The molecule has 8 heteroatoms. The maximum atomic E-state index is 13.4. The highest BCUT2D eigenvalue weighted by molar-refractivity contribution is 8.13. The largest absolute Gasteiger partial charge is 0.453 e. The van der Waals surface area contributed by atoms with E-state index in [1.807, 2.05) is 0 Å². The number of hydrogen-bond donors (Lipinski definition) is 0.